The SMILES string of the molecule is O=C(Cc1c[nH]c2ncc(-c3ccccc3)cc12)NCCN1CCOCC1. The highest BCUT2D eigenvalue weighted by molar-refractivity contribution is 5.89. The molecule has 6 heteroatoms. The Hall–Kier alpha value is -2.70. The fraction of sp³-hybridized carbons (Fsp3) is 0.333. The van der Waals surface area contributed by atoms with Crippen molar-refractivity contribution < 1.29 is 9.53 Å². The smallest absolute Gasteiger partial charge is 0.224 e. The van der Waals surface area contributed by atoms with Crippen LogP contribution in [0.5, 0.6) is 0 Å². The molecule has 1 aliphatic rings. The van der Waals surface area contributed by atoms with Crippen LogP contribution in [0.4, 0.5) is 0 Å². The number of fused-ring (bicyclic) bond motifs is 1. The first-order chi connectivity index (χ1) is 13.3. The number of hydrogen-bond donors (Lipinski definition) is 2. The Balaban J connectivity index is 1.40. The molecule has 0 unspecified atom stereocenters. The topological polar surface area (TPSA) is 70.2 Å². The van der Waals surface area contributed by atoms with Crippen molar-refractivity contribution in [3.63, 3.8) is 0 Å². The van der Waals surface area contributed by atoms with Gasteiger partial charge in [0.2, 0.25) is 5.91 Å². The molecule has 1 aromatic carbocycles. The van der Waals surface area contributed by atoms with Gasteiger partial charge in [-0.25, -0.2) is 4.98 Å². The molecule has 0 radical (unpaired) electrons. The van der Waals surface area contributed by atoms with Gasteiger partial charge in [0.25, 0.3) is 0 Å². The Labute approximate surface area is 158 Å². The van der Waals surface area contributed by atoms with Crippen LogP contribution in [-0.4, -0.2) is 60.2 Å². The van der Waals surface area contributed by atoms with Gasteiger partial charge >= 0.3 is 0 Å². The number of aromatic nitrogens is 2. The van der Waals surface area contributed by atoms with Gasteiger partial charge in [0.1, 0.15) is 5.65 Å². The van der Waals surface area contributed by atoms with Crippen LogP contribution in [0, 0.1) is 0 Å². The maximum Gasteiger partial charge on any atom is 0.224 e. The quantitative estimate of drug-likeness (QED) is 0.704. The first-order valence-electron chi connectivity index (χ1n) is 9.38. The number of nitrogens with one attached hydrogen (secondary N) is 2. The molecule has 1 aliphatic heterocycles. The Morgan fingerprint density at radius 1 is 1.19 bits per heavy atom. The van der Waals surface area contributed by atoms with Crippen LogP contribution in [0.2, 0.25) is 0 Å². The van der Waals surface area contributed by atoms with Gasteiger partial charge in [-0.2, -0.15) is 0 Å². The predicted molar refractivity (Wildman–Crippen MR) is 106 cm³/mol. The molecule has 0 aliphatic carbocycles. The highest BCUT2D eigenvalue weighted by Crippen LogP contribution is 2.24. The third kappa shape index (κ3) is 4.35. The second kappa shape index (κ2) is 8.33. The maximum absolute atomic E-state index is 12.4. The molecule has 0 atom stereocenters. The summed E-state index contributed by atoms with van der Waals surface area (Å²) in [6.07, 6.45) is 4.09. The lowest BCUT2D eigenvalue weighted by molar-refractivity contribution is -0.120. The van der Waals surface area contributed by atoms with Crippen LogP contribution >= 0.6 is 0 Å². The third-order valence-corrected chi connectivity index (χ3v) is 4.93. The monoisotopic (exact) mass is 364 g/mol. The number of rotatable bonds is 6. The minimum atomic E-state index is 0.0364. The number of aromatic amines is 1. The normalized spacial score (nSPS) is 15.1. The number of carbonyl (C=O) groups excluding carboxylic acids is 1. The zero-order valence-corrected chi connectivity index (χ0v) is 15.3. The number of ether oxygens (including phenoxy) is 1. The van der Waals surface area contributed by atoms with E-state index in [-0.39, 0.29) is 5.91 Å². The van der Waals surface area contributed by atoms with E-state index in [1.807, 2.05) is 30.6 Å². The van der Waals surface area contributed by atoms with Gasteiger partial charge < -0.3 is 15.0 Å². The predicted octanol–water partition coefficient (Wildman–Crippen LogP) is 2.22. The molecule has 1 saturated heterocycles. The summed E-state index contributed by atoms with van der Waals surface area (Å²) in [7, 11) is 0. The highest BCUT2D eigenvalue weighted by atomic mass is 16.5. The van der Waals surface area contributed by atoms with E-state index < -0.39 is 0 Å². The number of hydrogen-bond acceptors (Lipinski definition) is 4. The molecule has 2 aromatic heterocycles. The average molecular weight is 364 g/mol. The molecule has 1 fully saturated rings. The van der Waals surface area contributed by atoms with Crippen LogP contribution < -0.4 is 5.32 Å². The summed E-state index contributed by atoms with van der Waals surface area (Å²) >= 11 is 0. The third-order valence-electron chi connectivity index (χ3n) is 4.93. The van der Waals surface area contributed by atoms with Crippen molar-refractivity contribution >= 4 is 16.9 Å². The van der Waals surface area contributed by atoms with E-state index in [4.69, 9.17) is 4.74 Å². The molecule has 3 heterocycles. The van der Waals surface area contributed by atoms with Crippen molar-refractivity contribution in [1.29, 1.82) is 0 Å². The Morgan fingerprint density at radius 3 is 2.81 bits per heavy atom. The number of morpholine rings is 1. The molecule has 27 heavy (non-hydrogen) atoms. The van der Waals surface area contributed by atoms with Crippen molar-refractivity contribution in [3.8, 4) is 11.1 Å². The van der Waals surface area contributed by atoms with Crippen LogP contribution in [0.1, 0.15) is 5.56 Å². The molecule has 0 bridgehead atoms. The molecular formula is C21H24N4O2. The van der Waals surface area contributed by atoms with E-state index in [2.05, 4.69) is 38.4 Å². The van der Waals surface area contributed by atoms with Gasteiger partial charge in [-0.05, 0) is 17.2 Å². The van der Waals surface area contributed by atoms with Gasteiger partial charge in [0, 0.05) is 49.5 Å². The first kappa shape index (κ1) is 17.7. The minimum Gasteiger partial charge on any atom is -0.379 e. The number of carbonyl (C=O) groups is 1. The lowest BCUT2D eigenvalue weighted by atomic mass is 10.0. The fourth-order valence-corrected chi connectivity index (χ4v) is 3.41. The summed E-state index contributed by atoms with van der Waals surface area (Å²) in [6, 6.07) is 12.3. The number of amides is 1. The van der Waals surface area contributed by atoms with Gasteiger partial charge in [-0.15, -0.1) is 0 Å². The molecule has 1 amide bonds. The molecule has 0 spiro atoms. The summed E-state index contributed by atoms with van der Waals surface area (Å²) in [5, 5.41) is 4.02. The van der Waals surface area contributed by atoms with Crippen LogP contribution in [0.15, 0.2) is 48.8 Å². The second-order valence-corrected chi connectivity index (χ2v) is 6.78. The van der Waals surface area contributed by atoms with Gasteiger partial charge in [-0.3, -0.25) is 9.69 Å². The minimum absolute atomic E-state index is 0.0364. The first-order valence-corrected chi connectivity index (χ1v) is 9.38. The zero-order chi connectivity index (χ0) is 18.5. The number of H-pyrrole nitrogens is 1. The molecule has 6 nitrogen and oxygen atoms in total. The Bertz CT molecular complexity index is 901. The lowest BCUT2D eigenvalue weighted by Gasteiger charge is -2.26. The van der Waals surface area contributed by atoms with Crippen molar-refractivity contribution in [2.24, 2.45) is 0 Å². The molecule has 140 valence electrons. The second-order valence-electron chi connectivity index (χ2n) is 6.78. The highest BCUT2D eigenvalue weighted by Gasteiger charge is 2.13. The van der Waals surface area contributed by atoms with Crippen LogP contribution in [0.3, 0.4) is 0 Å². The van der Waals surface area contributed by atoms with E-state index in [1.54, 1.807) is 0 Å². The van der Waals surface area contributed by atoms with Crippen molar-refractivity contribution in [3.05, 3.63) is 54.4 Å². The van der Waals surface area contributed by atoms with E-state index in [1.165, 1.54) is 0 Å². The largest absolute Gasteiger partial charge is 0.379 e. The summed E-state index contributed by atoms with van der Waals surface area (Å²) < 4.78 is 5.34. The molecule has 2 N–H and O–H groups in total. The number of nitrogens with zero attached hydrogens (tertiary/aromatic N) is 2. The molecular weight excluding hydrogens is 340 g/mol. The molecule has 0 saturated carbocycles. The Kier molecular flexibility index (Phi) is 5.46. The van der Waals surface area contributed by atoms with E-state index in [9.17, 15) is 4.79 Å². The van der Waals surface area contributed by atoms with E-state index in [0.29, 0.717) is 13.0 Å². The van der Waals surface area contributed by atoms with Crippen molar-refractivity contribution in [1.82, 2.24) is 20.2 Å². The maximum atomic E-state index is 12.4. The van der Waals surface area contributed by atoms with Gasteiger partial charge in [0.05, 0.1) is 19.6 Å². The van der Waals surface area contributed by atoms with Crippen molar-refractivity contribution in [2.45, 2.75) is 6.42 Å². The van der Waals surface area contributed by atoms with Crippen LogP contribution in [-0.2, 0) is 16.0 Å². The standard InChI is InChI=1S/C21H24N4O2/c26-20(22-6-7-25-8-10-27-11-9-25)13-18-15-24-21-19(18)12-17(14-23-21)16-4-2-1-3-5-16/h1-5,12,14-15H,6-11,13H2,(H,22,26)(H,23,24). The number of pyridine rings is 1. The summed E-state index contributed by atoms with van der Waals surface area (Å²) in [4.78, 5) is 22.3. The van der Waals surface area contributed by atoms with Crippen molar-refractivity contribution in [2.75, 3.05) is 39.4 Å². The van der Waals surface area contributed by atoms with E-state index in [0.717, 1.165) is 60.6 Å². The summed E-state index contributed by atoms with van der Waals surface area (Å²) in [6.45, 7) is 4.95. The average Bonchev–Trinajstić information content (AvgIpc) is 3.11. The number of benzene rings is 1. The summed E-state index contributed by atoms with van der Waals surface area (Å²) in [5.41, 5.74) is 3.95. The summed E-state index contributed by atoms with van der Waals surface area (Å²) in [5.74, 6) is 0.0364. The fourth-order valence-electron chi connectivity index (χ4n) is 3.41. The van der Waals surface area contributed by atoms with Crippen LogP contribution in [0.25, 0.3) is 22.2 Å². The Morgan fingerprint density at radius 2 is 2.00 bits per heavy atom. The molecule has 3 aromatic rings. The lowest BCUT2D eigenvalue weighted by Crippen LogP contribution is -2.41. The zero-order valence-electron chi connectivity index (χ0n) is 15.3. The van der Waals surface area contributed by atoms with Gasteiger partial charge in [-0.1, -0.05) is 30.3 Å². The van der Waals surface area contributed by atoms with E-state index >= 15 is 0 Å². The van der Waals surface area contributed by atoms with Gasteiger partial charge in [0.15, 0.2) is 0 Å². The molecule has 4 rings (SSSR count).